The highest BCUT2D eigenvalue weighted by atomic mass is 16.5. The molecule has 8 heteroatoms. The standard InChI is InChI=1S/C19H21N3O5/c1-12-6-4-5-7-16(12)19(25)20-11-17(23)21-22-18(24)13-8-14(26-2)10-15(9-13)27-3/h4-10H,11H2,1-3H3,(H,20,25)(H,21,23)(H,22,24). The fourth-order valence-corrected chi connectivity index (χ4v) is 2.26. The molecule has 0 aromatic heterocycles. The molecule has 2 aromatic rings. The Labute approximate surface area is 156 Å². The van der Waals surface area contributed by atoms with Crippen molar-refractivity contribution in [1.82, 2.24) is 16.2 Å². The molecular formula is C19H21N3O5. The molecule has 0 aliphatic heterocycles. The lowest BCUT2D eigenvalue weighted by molar-refractivity contribution is -0.120. The van der Waals surface area contributed by atoms with Crippen LogP contribution in [0.2, 0.25) is 0 Å². The second-order valence-electron chi connectivity index (χ2n) is 5.60. The zero-order valence-corrected chi connectivity index (χ0v) is 15.3. The van der Waals surface area contributed by atoms with Gasteiger partial charge in [-0.3, -0.25) is 25.2 Å². The molecule has 0 unspecified atom stereocenters. The van der Waals surface area contributed by atoms with Gasteiger partial charge in [0.1, 0.15) is 11.5 Å². The van der Waals surface area contributed by atoms with E-state index in [0.717, 1.165) is 5.56 Å². The average molecular weight is 371 g/mol. The number of benzene rings is 2. The first kappa shape index (κ1) is 19.8. The van der Waals surface area contributed by atoms with Gasteiger partial charge in [0.25, 0.3) is 17.7 Å². The highest BCUT2D eigenvalue weighted by molar-refractivity contribution is 5.99. The normalized spacial score (nSPS) is 9.89. The zero-order valence-electron chi connectivity index (χ0n) is 15.3. The van der Waals surface area contributed by atoms with Crippen molar-refractivity contribution in [2.45, 2.75) is 6.92 Å². The number of rotatable bonds is 6. The van der Waals surface area contributed by atoms with Gasteiger partial charge in [0.05, 0.1) is 20.8 Å². The van der Waals surface area contributed by atoms with E-state index in [9.17, 15) is 14.4 Å². The first-order chi connectivity index (χ1) is 12.9. The lowest BCUT2D eigenvalue weighted by Gasteiger charge is -2.11. The second-order valence-corrected chi connectivity index (χ2v) is 5.60. The van der Waals surface area contributed by atoms with E-state index >= 15 is 0 Å². The van der Waals surface area contributed by atoms with Crippen molar-refractivity contribution >= 4 is 17.7 Å². The minimum Gasteiger partial charge on any atom is -0.497 e. The third-order valence-electron chi connectivity index (χ3n) is 3.73. The molecule has 2 aromatic carbocycles. The molecule has 27 heavy (non-hydrogen) atoms. The Morgan fingerprint density at radius 2 is 1.52 bits per heavy atom. The van der Waals surface area contributed by atoms with E-state index in [1.165, 1.54) is 26.4 Å². The van der Waals surface area contributed by atoms with E-state index < -0.39 is 11.8 Å². The Kier molecular flexibility index (Phi) is 6.76. The number of methoxy groups -OCH3 is 2. The second kappa shape index (κ2) is 9.23. The first-order valence-electron chi connectivity index (χ1n) is 8.10. The highest BCUT2D eigenvalue weighted by Crippen LogP contribution is 2.22. The van der Waals surface area contributed by atoms with E-state index in [0.29, 0.717) is 17.1 Å². The number of hydrogen-bond acceptors (Lipinski definition) is 5. The number of hydrogen-bond donors (Lipinski definition) is 3. The minimum absolute atomic E-state index is 0.246. The summed E-state index contributed by atoms with van der Waals surface area (Å²) in [5.74, 6) is -0.606. The van der Waals surface area contributed by atoms with Crippen LogP contribution in [0.3, 0.4) is 0 Å². The fraction of sp³-hybridized carbons (Fsp3) is 0.211. The molecule has 142 valence electrons. The Hall–Kier alpha value is -3.55. The van der Waals surface area contributed by atoms with Gasteiger partial charge in [-0.1, -0.05) is 18.2 Å². The summed E-state index contributed by atoms with van der Waals surface area (Å²) in [6.45, 7) is 1.52. The van der Waals surface area contributed by atoms with E-state index in [2.05, 4.69) is 16.2 Å². The molecule has 0 aliphatic rings. The van der Waals surface area contributed by atoms with Gasteiger partial charge in [-0.25, -0.2) is 0 Å². The summed E-state index contributed by atoms with van der Waals surface area (Å²) in [5.41, 5.74) is 6.05. The summed E-state index contributed by atoms with van der Waals surface area (Å²) < 4.78 is 10.2. The number of carbonyl (C=O) groups excluding carboxylic acids is 3. The van der Waals surface area contributed by atoms with Crippen LogP contribution in [0.1, 0.15) is 26.3 Å². The zero-order chi connectivity index (χ0) is 19.8. The number of hydrazine groups is 1. The first-order valence-corrected chi connectivity index (χ1v) is 8.10. The van der Waals surface area contributed by atoms with Crippen LogP contribution in [0.5, 0.6) is 11.5 Å². The molecule has 0 bridgehead atoms. The van der Waals surface area contributed by atoms with E-state index in [1.807, 2.05) is 6.07 Å². The Morgan fingerprint density at radius 1 is 0.889 bits per heavy atom. The SMILES string of the molecule is COc1cc(OC)cc(C(=O)NNC(=O)CNC(=O)c2ccccc2C)c1. The summed E-state index contributed by atoms with van der Waals surface area (Å²) in [7, 11) is 2.94. The molecule has 0 saturated heterocycles. The summed E-state index contributed by atoms with van der Waals surface area (Å²) >= 11 is 0. The molecule has 0 heterocycles. The maximum absolute atomic E-state index is 12.2. The summed E-state index contributed by atoms with van der Waals surface area (Å²) in [6.07, 6.45) is 0. The van der Waals surface area contributed by atoms with Crippen LogP contribution < -0.4 is 25.6 Å². The largest absolute Gasteiger partial charge is 0.497 e. The van der Waals surface area contributed by atoms with Crippen LogP contribution in [0, 0.1) is 6.92 Å². The molecule has 3 N–H and O–H groups in total. The molecule has 2 rings (SSSR count). The summed E-state index contributed by atoms with van der Waals surface area (Å²) in [5, 5.41) is 2.50. The summed E-state index contributed by atoms with van der Waals surface area (Å²) in [4.78, 5) is 36.1. The van der Waals surface area contributed by atoms with E-state index in [1.54, 1.807) is 31.2 Å². The number of nitrogens with one attached hydrogen (secondary N) is 3. The molecule has 0 radical (unpaired) electrons. The van der Waals surface area contributed by atoms with Crippen molar-refractivity contribution in [2.75, 3.05) is 20.8 Å². The molecule has 8 nitrogen and oxygen atoms in total. The van der Waals surface area contributed by atoms with E-state index in [-0.39, 0.29) is 18.0 Å². The lowest BCUT2D eigenvalue weighted by Crippen LogP contribution is -2.46. The van der Waals surface area contributed by atoms with Gasteiger partial charge < -0.3 is 14.8 Å². The van der Waals surface area contributed by atoms with Gasteiger partial charge in [-0.15, -0.1) is 0 Å². The van der Waals surface area contributed by atoms with Crippen molar-refractivity contribution in [3.63, 3.8) is 0 Å². The van der Waals surface area contributed by atoms with Crippen molar-refractivity contribution in [1.29, 1.82) is 0 Å². The molecule has 0 atom stereocenters. The number of amides is 3. The topological polar surface area (TPSA) is 106 Å². The Balaban J connectivity index is 1.87. The van der Waals surface area contributed by atoms with Gasteiger partial charge in [0.15, 0.2) is 0 Å². The fourth-order valence-electron chi connectivity index (χ4n) is 2.26. The Morgan fingerprint density at radius 3 is 2.11 bits per heavy atom. The quantitative estimate of drug-likeness (QED) is 0.662. The average Bonchev–Trinajstić information content (AvgIpc) is 2.69. The maximum atomic E-state index is 12.2. The number of ether oxygens (including phenoxy) is 2. The summed E-state index contributed by atoms with van der Waals surface area (Å²) in [6, 6.07) is 11.7. The van der Waals surface area contributed by atoms with Crippen LogP contribution in [0.25, 0.3) is 0 Å². The third-order valence-corrected chi connectivity index (χ3v) is 3.73. The molecule has 0 fully saturated rings. The smallest absolute Gasteiger partial charge is 0.269 e. The molecule has 0 aliphatic carbocycles. The Bertz CT molecular complexity index is 829. The van der Waals surface area contributed by atoms with Crippen molar-refractivity contribution in [3.8, 4) is 11.5 Å². The molecule has 0 saturated carbocycles. The van der Waals surface area contributed by atoms with Crippen molar-refractivity contribution in [2.24, 2.45) is 0 Å². The van der Waals surface area contributed by atoms with Crippen molar-refractivity contribution < 1.29 is 23.9 Å². The van der Waals surface area contributed by atoms with Crippen LogP contribution in [0.15, 0.2) is 42.5 Å². The molecule has 0 spiro atoms. The van der Waals surface area contributed by atoms with Gasteiger partial charge in [-0.05, 0) is 30.7 Å². The van der Waals surface area contributed by atoms with Crippen LogP contribution in [-0.2, 0) is 4.79 Å². The van der Waals surface area contributed by atoms with Gasteiger partial charge in [0, 0.05) is 17.2 Å². The maximum Gasteiger partial charge on any atom is 0.269 e. The molecular weight excluding hydrogens is 350 g/mol. The predicted molar refractivity (Wildman–Crippen MR) is 98.7 cm³/mol. The van der Waals surface area contributed by atoms with Gasteiger partial charge in [-0.2, -0.15) is 0 Å². The van der Waals surface area contributed by atoms with Gasteiger partial charge >= 0.3 is 0 Å². The van der Waals surface area contributed by atoms with Crippen molar-refractivity contribution in [3.05, 3.63) is 59.2 Å². The third kappa shape index (κ3) is 5.46. The minimum atomic E-state index is -0.569. The lowest BCUT2D eigenvalue weighted by atomic mass is 10.1. The monoisotopic (exact) mass is 371 g/mol. The number of aryl methyl sites for hydroxylation is 1. The highest BCUT2D eigenvalue weighted by Gasteiger charge is 2.13. The van der Waals surface area contributed by atoms with E-state index in [4.69, 9.17) is 9.47 Å². The molecule has 3 amide bonds. The number of carbonyl (C=O) groups is 3. The van der Waals surface area contributed by atoms with Gasteiger partial charge in [0.2, 0.25) is 0 Å². The van der Waals surface area contributed by atoms with Crippen LogP contribution >= 0.6 is 0 Å². The van der Waals surface area contributed by atoms with Crippen LogP contribution in [0.4, 0.5) is 0 Å². The predicted octanol–water partition coefficient (Wildman–Crippen LogP) is 1.20. The van der Waals surface area contributed by atoms with Crippen LogP contribution in [-0.4, -0.2) is 38.5 Å².